The van der Waals surface area contributed by atoms with E-state index in [0.29, 0.717) is 24.6 Å². The second kappa shape index (κ2) is 6.06. The molecule has 0 radical (unpaired) electrons. The minimum absolute atomic E-state index is 0.0399. The fourth-order valence-corrected chi connectivity index (χ4v) is 1.66. The largest absolute Gasteiger partial charge is 0.508 e. The number of phenols is 1. The van der Waals surface area contributed by atoms with Gasteiger partial charge in [0.2, 0.25) is 0 Å². The minimum Gasteiger partial charge on any atom is -0.508 e. The lowest BCUT2D eigenvalue weighted by molar-refractivity contribution is -0.137. The van der Waals surface area contributed by atoms with E-state index in [4.69, 9.17) is 5.11 Å². The summed E-state index contributed by atoms with van der Waals surface area (Å²) in [5.41, 5.74) is -0.462. The van der Waals surface area contributed by atoms with Crippen LogP contribution in [0.1, 0.15) is 17.5 Å². The Labute approximate surface area is 103 Å². The van der Waals surface area contributed by atoms with E-state index in [1.54, 1.807) is 11.9 Å². The molecule has 102 valence electrons. The summed E-state index contributed by atoms with van der Waals surface area (Å²) in [6.07, 6.45) is -3.90. The van der Waals surface area contributed by atoms with E-state index < -0.39 is 17.5 Å². The molecular formula is C12H16F3NO2. The van der Waals surface area contributed by atoms with E-state index in [1.165, 1.54) is 6.07 Å². The number of phenolic OH excluding ortho intramolecular Hbond substituents is 1. The predicted octanol–water partition coefficient (Wildman–Crippen LogP) is 2.23. The summed E-state index contributed by atoms with van der Waals surface area (Å²) in [6.45, 7) is 0.906. The molecule has 3 nitrogen and oxygen atoms in total. The first kappa shape index (κ1) is 14.8. The van der Waals surface area contributed by atoms with Crippen LogP contribution in [0.15, 0.2) is 18.2 Å². The number of hydrogen-bond acceptors (Lipinski definition) is 3. The lowest BCUT2D eigenvalue weighted by Crippen LogP contribution is -2.20. The van der Waals surface area contributed by atoms with E-state index in [-0.39, 0.29) is 13.2 Å². The molecule has 0 bridgehead atoms. The van der Waals surface area contributed by atoms with E-state index in [1.807, 2.05) is 0 Å². The number of aromatic hydroxyl groups is 1. The maximum Gasteiger partial charge on any atom is 0.416 e. The van der Waals surface area contributed by atoms with Crippen LogP contribution >= 0.6 is 0 Å². The molecule has 0 fully saturated rings. The molecule has 6 heteroatoms. The normalized spacial score (nSPS) is 12.1. The Hall–Kier alpha value is -1.27. The van der Waals surface area contributed by atoms with Crippen molar-refractivity contribution in [3.05, 3.63) is 29.3 Å². The van der Waals surface area contributed by atoms with Gasteiger partial charge in [-0.15, -0.1) is 0 Å². The molecule has 1 rings (SSSR count). The molecule has 0 aliphatic rings. The average molecular weight is 263 g/mol. The van der Waals surface area contributed by atoms with Gasteiger partial charge < -0.3 is 15.1 Å². The number of halogens is 3. The van der Waals surface area contributed by atoms with Gasteiger partial charge in [0.15, 0.2) is 0 Å². The molecule has 0 aliphatic heterocycles. The van der Waals surface area contributed by atoms with Crippen LogP contribution in [-0.4, -0.2) is 35.3 Å². The van der Waals surface area contributed by atoms with Crippen molar-refractivity contribution in [1.82, 2.24) is 4.90 Å². The number of nitrogens with zero attached hydrogens (tertiary/aromatic N) is 1. The Morgan fingerprint density at radius 3 is 2.44 bits per heavy atom. The maximum atomic E-state index is 12.5. The van der Waals surface area contributed by atoms with Crippen molar-refractivity contribution in [3.8, 4) is 5.75 Å². The molecule has 0 aromatic heterocycles. The highest BCUT2D eigenvalue weighted by atomic mass is 19.4. The van der Waals surface area contributed by atoms with Gasteiger partial charge in [0, 0.05) is 19.7 Å². The first-order chi connectivity index (χ1) is 8.32. The van der Waals surface area contributed by atoms with Gasteiger partial charge in [0.05, 0.1) is 5.56 Å². The van der Waals surface area contributed by atoms with Crippen molar-refractivity contribution >= 4 is 0 Å². The highest BCUT2D eigenvalue weighted by Gasteiger charge is 2.31. The van der Waals surface area contributed by atoms with E-state index in [9.17, 15) is 18.3 Å². The summed E-state index contributed by atoms with van der Waals surface area (Å²) in [5, 5.41) is 17.9. The van der Waals surface area contributed by atoms with Gasteiger partial charge in [0.1, 0.15) is 5.75 Å². The van der Waals surface area contributed by atoms with Crippen molar-refractivity contribution in [3.63, 3.8) is 0 Å². The van der Waals surface area contributed by atoms with Gasteiger partial charge in [-0.2, -0.15) is 13.2 Å². The Bertz CT molecular complexity index is 393. The van der Waals surface area contributed by atoms with Gasteiger partial charge >= 0.3 is 6.18 Å². The third-order valence-corrected chi connectivity index (χ3v) is 2.46. The SMILES string of the molecule is CN(CCCO)Cc1cc(O)cc(C(F)(F)F)c1. The van der Waals surface area contributed by atoms with Crippen LogP contribution in [0.3, 0.4) is 0 Å². The summed E-state index contributed by atoms with van der Waals surface area (Å²) >= 11 is 0. The van der Waals surface area contributed by atoms with Crippen LogP contribution in [0.4, 0.5) is 13.2 Å². The quantitative estimate of drug-likeness (QED) is 0.856. The number of hydrogen-bond donors (Lipinski definition) is 2. The van der Waals surface area contributed by atoms with Gasteiger partial charge in [-0.1, -0.05) is 0 Å². The minimum atomic E-state index is -4.46. The lowest BCUT2D eigenvalue weighted by Gasteiger charge is -2.17. The Morgan fingerprint density at radius 1 is 1.22 bits per heavy atom. The second-order valence-electron chi connectivity index (χ2n) is 4.20. The molecule has 0 saturated heterocycles. The van der Waals surface area contributed by atoms with Crippen LogP contribution in [0, 0.1) is 0 Å². The first-order valence-electron chi connectivity index (χ1n) is 5.52. The highest BCUT2D eigenvalue weighted by Crippen LogP contribution is 2.32. The summed E-state index contributed by atoms with van der Waals surface area (Å²) in [5.74, 6) is -0.393. The number of aliphatic hydroxyl groups excluding tert-OH is 1. The van der Waals surface area contributed by atoms with E-state index in [2.05, 4.69) is 0 Å². The monoisotopic (exact) mass is 263 g/mol. The summed E-state index contributed by atoms with van der Waals surface area (Å²) in [7, 11) is 1.74. The summed E-state index contributed by atoms with van der Waals surface area (Å²) in [6, 6.07) is 3.04. The molecule has 0 heterocycles. The second-order valence-corrected chi connectivity index (χ2v) is 4.20. The van der Waals surface area contributed by atoms with Gasteiger partial charge in [-0.05, 0) is 37.2 Å². The first-order valence-corrected chi connectivity index (χ1v) is 5.52. The molecule has 2 N–H and O–H groups in total. The summed E-state index contributed by atoms with van der Waals surface area (Å²) < 4.78 is 37.6. The van der Waals surface area contributed by atoms with Crippen molar-refractivity contribution in [2.75, 3.05) is 20.2 Å². The maximum absolute atomic E-state index is 12.5. The number of benzene rings is 1. The number of rotatable bonds is 5. The summed E-state index contributed by atoms with van der Waals surface area (Å²) in [4.78, 5) is 1.78. The molecule has 0 atom stereocenters. The Kier molecular flexibility index (Phi) is 4.98. The van der Waals surface area contributed by atoms with Crippen LogP contribution in [0.2, 0.25) is 0 Å². The molecule has 0 aliphatic carbocycles. The predicted molar refractivity (Wildman–Crippen MR) is 61.1 cm³/mol. The number of aliphatic hydroxyl groups is 1. The van der Waals surface area contributed by atoms with Gasteiger partial charge in [0.25, 0.3) is 0 Å². The molecule has 0 amide bonds. The van der Waals surface area contributed by atoms with Crippen molar-refractivity contribution in [2.45, 2.75) is 19.1 Å². The van der Waals surface area contributed by atoms with Crippen molar-refractivity contribution in [2.24, 2.45) is 0 Å². The molecule has 0 saturated carbocycles. The zero-order valence-corrected chi connectivity index (χ0v) is 10.0. The van der Waals surface area contributed by atoms with Crippen LogP contribution in [0.5, 0.6) is 5.75 Å². The molecule has 1 aromatic carbocycles. The fourth-order valence-electron chi connectivity index (χ4n) is 1.66. The fraction of sp³-hybridized carbons (Fsp3) is 0.500. The van der Waals surface area contributed by atoms with E-state index in [0.717, 1.165) is 6.07 Å². The van der Waals surface area contributed by atoms with E-state index >= 15 is 0 Å². The topological polar surface area (TPSA) is 43.7 Å². The molecule has 18 heavy (non-hydrogen) atoms. The highest BCUT2D eigenvalue weighted by molar-refractivity contribution is 5.35. The zero-order chi connectivity index (χ0) is 13.8. The van der Waals surface area contributed by atoms with Gasteiger partial charge in [-0.3, -0.25) is 0 Å². The number of alkyl halides is 3. The zero-order valence-electron chi connectivity index (χ0n) is 10.0. The van der Waals surface area contributed by atoms with Crippen molar-refractivity contribution in [1.29, 1.82) is 0 Å². The van der Waals surface area contributed by atoms with Crippen LogP contribution < -0.4 is 0 Å². The molecule has 0 spiro atoms. The lowest BCUT2D eigenvalue weighted by atomic mass is 10.1. The average Bonchev–Trinajstić information content (AvgIpc) is 2.24. The van der Waals surface area contributed by atoms with Gasteiger partial charge in [-0.25, -0.2) is 0 Å². The molecule has 0 unspecified atom stereocenters. The van der Waals surface area contributed by atoms with Crippen molar-refractivity contribution < 1.29 is 23.4 Å². The van der Waals surface area contributed by atoms with Crippen LogP contribution in [-0.2, 0) is 12.7 Å². The molecule has 1 aromatic rings. The van der Waals surface area contributed by atoms with Crippen LogP contribution in [0.25, 0.3) is 0 Å². The third kappa shape index (κ3) is 4.54. The Morgan fingerprint density at radius 2 is 1.89 bits per heavy atom. The smallest absolute Gasteiger partial charge is 0.416 e. The standard InChI is InChI=1S/C12H16F3NO2/c1-16(3-2-4-17)8-9-5-10(12(13,14)15)7-11(18)6-9/h5-7,17-18H,2-4,8H2,1H3. The Balaban J connectivity index is 2.80. The third-order valence-electron chi connectivity index (χ3n) is 2.46. The molecular weight excluding hydrogens is 247 g/mol.